The van der Waals surface area contributed by atoms with E-state index in [4.69, 9.17) is 4.74 Å². The highest BCUT2D eigenvalue weighted by molar-refractivity contribution is 6.05. The second-order valence-corrected chi connectivity index (χ2v) is 5.93. The van der Waals surface area contributed by atoms with Gasteiger partial charge in [0.2, 0.25) is 5.88 Å². The molecule has 6 nitrogen and oxygen atoms in total. The Bertz CT molecular complexity index is 854. The number of anilines is 1. The molecule has 0 aliphatic carbocycles. The van der Waals surface area contributed by atoms with Gasteiger partial charge in [-0.3, -0.25) is 14.5 Å². The molecule has 1 aromatic carbocycles. The summed E-state index contributed by atoms with van der Waals surface area (Å²) in [6.45, 7) is 1.41. The van der Waals surface area contributed by atoms with Crippen molar-refractivity contribution >= 4 is 17.3 Å². The lowest BCUT2D eigenvalue weighted by Crippen LogP contribution is -2.40. The van der Waals surface area contributed by atoms with Gasteiger partial charge in [0.25, 0.3) is 5.91 Å². The molecule has 0 N–H and O–H groups in total. The molecule has 0 radical (unpaired) electrons. The van der Waals surface area contributed by atoms with Crippen LogP contribution < -0.4 is 9.64 Å². The number of hydrogen-bond donors (Lipinski definition) is 0. The molecule has 4 rings (SSSR count). The fraction of sp³-hybridized carbons (Fsp3) is 0.278. The number of aliphatic imine (C=N–C) groups is 1. The zero-order chi connectivity index (χ0) is 17.2. The Hall–Kier alpha value is -2.96. The van der Waals surface area contributed by atoms with Crippen LogP contribution in [0.15, 0.2) is 47.6 Å². The second-order valence-electron chi connectivity index (χ2n) is 5.93. The highest BCUT2D eigenvalue weighted by atomic mass is 19.1. The molecular formula is C18H17FN4O2. The predicted molar refractivity (Wildman–Crippen MR) is 91.6 cm³/mol. The number of rotatable bonds is 4. The molecule has 1 aromatic heterocycles. The third-order valence-electron chi connectivity index (χ3n) is 4.24. The maximum Gasteiger partial charge on any atom is 0.276 e. The molecule has 25 heavy (non-hydrogen) atoms. The molecular weight excluding hydrogens is 323 g/mol. The molecule has 1 amide bonds. The highest BCUT2D eigenvalue weighted by Gasteiger charge is 2.28. The van der Waals surface area contributed by atoms with Gasteiger partial charge in [-0.1, -0.05) is 6.08 Å². The fourth-order valence-electron chi connectivity index (χ4n) is 2.92. The third kappa shape index (κ3) is 3.17. The van der Waals surface area contributed by atoms with Crippen molar-refractivity contribution in [2.24, 2.45) is 4.99 Å². The minimum absolute atomic E-state index is 0.168. The lowest BCUT2D eigenvalue weighted by Gasteiger charge is -2.27. The molecule has 3 heterocycles. The topological polar surface area (TPSA) is 59.7 Å². The quantitative estimate of drug-likeness (QED) is 0.860. The van der Waals surface area contributed by atoms with Crippen molar-refractivity contribution in [2.75, 3.05) is 18.1 Å². The second kappa shape index (κ2) is 6.51. The van der Waals surface area contributed by atoms with Gasteiger partial charge in [-0.15, -0.1) is 5.10 Å². The van der Waals surface area contributed by atoms with Crippen LogP contribution in [0.2, 0.25) is 0 Å². The Balaban J connectivity index is 1.49. The van der Waals surface area contributed by atoms with Gasteiger partial charge in [-0.2, -0.15) is 0 Å². The summed E-state index contributed by atoms with van der Waals surface area (Å²) in [5.41, 5.74) is 2.11. The van der Waals surface area contributed by atoms with Gasteiger partial charge in [0.1, 0.15) is 18.1 Å². The number of fused-ring (bicyclic) bond motifs is 1. The largest absolute Gasteiger partial charge is 0.470 e. The number of carbonyl (C=O) groups excluding carboxylic acids is 1. The molecule has 2 aliphatic rings. The summed E-state index contributed by atoms with van der Waals surface area (Å²) < 4.78 is 20.4. The van der Waals surface area contributed by atoms with Gasteiger partial charge in [0.05, 0.1) is 12.3 Å². The first-order valence-electron chi connectivity index (χ1n) is 8.19. The van der Waals surface area contributed by atoms with Crippen molar-refractivity contribution in [3.05, 3.63) is 54.1 Å². The molecule has 0 unspecified atom stereocenters. The number of benzene rings is 1. The van der Waals surface area contributed by atoms with Crippen LogP contribution >= 0.6 is 0 Å². The Morgan fingerprint density at radius 1 is 1.20 bits per heavy atom. The van der Waals surface area contributed by atoms with Crippen LogP contribution in [0.5, 0.6) is 5.88 Å². The number of nitrogens with zero attached hydrogens (tertiary/aromatic N) is 4. The van der Waals surface area contributed by atoms with Crippen LogP contribution in [0.25, 0.3) is 0 Å². The fourth-order valence-corrected chi connectivity index (χ4v) is 2.92. The summed E-state index contributed by atoms with van der Waals surface area (Å²) in [5, 5.41) is 4.34. The lowest BCUT2D eigenvalue weighted by molar-refractivity contribution is 0.0962. The van der Waals surface area contributed by atoms with E-state index in [1.54, 1.807) is 34.0 Å². The number of aromatic nitrogens is 2. The molecule has 7 heteroatoms. The number of hydrogen-bond acceptors (Lipinski definition) is 4. The van der Waals surface area contributed by atoms with Crippen molar-refractivity contribution in [1.82, 2.24) is 9.78 Å². The van der Waals surface area contributed by atoms with E-state index in [0.717, 1.165) is 18.6 Å². The van der Waals surface area contributed by atoms with Gasteiger partial charge in [-0.25, -0.2) is 4.39 Å². The smallest absolute Gasteiger partial charge is 0.276 e. The molecule has 0 spiro atoms. The minimum atomic E-state index is -0.325. The van der Waals surface area contributed by atoms with Crippen molar-refractivity contribution in [3.8, 4) is 5.88 Å². The predicted octanol–water partition coefficient (Wildman–Crippen LogP) is 2.81. The van der Waals surface area contributed by atoms with Crippen LogP contribution in [-0.4, -0.2) is 34.6 Å². The van der Waals surface area contributed by atoms with Crippen molar-refractivity contribution in [2.45, 2.75) is 19.4 Å². The normalized spacial score (nSPS) is 16.6. The number of allylic oxidation sites excluding steroid dienone is 1. The summed E-state index contributed by atoms with van der Waals surface area (Å²) in [6, 6.07) is 7.55. The molecule has 0 atom stereocenters. The van der Waals surface area contributed by atoms with Crippen LogP contribution in [-0.2, 0) is 6.54 Å². The van der Waals surface area contributed by atoms with E-state index in [2.05, 4.69) is 10.1 Å². The lowest BCUT2D eigenvalue weighted by atomic mass is 10.2. The summed E-state index contributed by atoms with van der Waals surface area (Å²) in [6.07, 6.45) is 5.64. The maximum absolute atomic E-state index is 13.1. The number of amides is 1. The number of halogens is 1. The molecule has 0 bridgehead atoms. The molecule has 2 aliphatic heterocycles. The van der Waals surface area contributed by atoms with E-state index in [1.807, 2.05) is 6.08 Å². The molecule has 128 valence electrons. The van der Waals surface area contributed by atoms with Gasteiger partial charge >= 0.3 is 0 Å². The highest BCUT2D eigenvalue weighted by Crippen LogP contribution is 2.23. The molecule has 0 fully saturated rings. The van der Waals surface area contributed by atoms with Crippen LogP contribution in [0.4, 0.5) is 10.1 Å². The van der Waals surface area contributed by atoms with E-state index < -0.39 is 0 Å². The van der Waals surface area contributed by atoms with E-state index in [9.17, 15) is 9.18 Å². The monoisotopic (exact) mass is 340 g/mol. The van der Waals surface area contributed by atoms with E-state index in [0.29, 0.717) is 37.0 Å². The first-order chi connectivity index (χ1) is 12.2. The maximum atomic E-state index is 13.1. The zero-order valence-electron chi connectivity index (χ0n) is 13.6. The first kappa shape index (κ1) is 15.6. The molecule has 0 saturated heterocycles. The zero-order valence-corrected chi connectivity index (χ0v) is 13.6. The Labute approximate surface area is 144 Å². The van der Waals surface area contributed by atoms with Crippen LogP contribution in [0.1, 0.15) is 23.3 Å². The summed E-state index contributed by atoms with van der Waals surface area (Å²) >= 11 is 0. The standard InChI is InChI=1S/C18H17FN4O2/c19-13-4-6-15(7-5-13)22-9-10-23-16(18(22)24)11-17(21-23)25-12-14-3-1-2-8-20-14/h2,4-8,11H,1,3,9-10,12H2. The molecule has 2 aromatic rings. The first-order valence-corrected chi connectivity index (χ1v) is 8.19. The van der Waals surface area contributed by atoms with E-state index in [-0.39, 0.29) is 11.7 Å². The number of carbonyl (C=O) groups is 1. The SMILES string of the molecule is O=C1c2cc(OCC3=NC=CCC3)nn2CCN1c1ccc(F)cc1. The van der Waals surface area contributed by atoms with Crippen molar-refractivity contribution < 1.29 is 13.9 Å². The summed E-state index contributed by atoms with van der Waals surface area (Å²) in [7, 11) is 0. The van der Waals surface area contributed by atoms with Gasteiger partial charge in [0.15, 0.2) is 0 Å². The summed E-state index contributed by atoms with van der Waals surface area (Å²) in [4.78, 5) is 18.6. The van der Waals surface area contributed by atoms with Crippen molar-refractivity contribution in [1.29, 1.82) is 0 Å². The van der Waals surface area contributed by atoms with E-state index >= 15 is 0 Å². The molecule has 0 saturated carbocycles. The van der Waals surface area contributed by atoms with Crippen LogP contribution in [0, 0.1) is 5.82 Å². The van der Waals surface area contributed by atoms with Crippen LogP contribution in [0.3, 0.4) is 0 Å². The van der Waals surface area contributed by atoms with Crippen molar-refractivity contribution in [3.63, 3.8) is 0 Å². The van der Waals surface area contributed by atoms with Gasteiger partial charge in [0, 0.05) is 24.5 Å². The Morgan fingerprint density at radius 2 is 2.04 bits per heavy atom. The minimum Gasteiger partial charge on any atom is -0.470 e. The third-order valence-corrected chi connectivity index (χ3v) is 4.24. The van der Waals surface area contributed by atoms with E-state index in [1.165, 1.54) is 12.1 Å². The Morgan fingerprint density at radius 3 is 2.80 bits per heavy atom. The average Bonchev–Trinajstić information content (AvgIpc) is 3.06. The average molecular weight is 340 g/mol. The summed E-state index contributed by atoms with van der Waals surface area (Å²) in [5.74, 6) is -0.0749. The number of ether oxygens (including phenoxy) is 1. The Kier molecular flexibility index (Phi) is 4.05. The van der Waals surface area contributed by atoms with Gasteiger partial charge in [-0.05, 0) is 37.1 Å². The van der Waals surface area contributed by atoms with Gasteiger partial charge < -0.3 is 9.64 Å².